The minimum Gasteiger partial charge on any atom is -0.386 e. The van der Waals surface area contributed by atoms with E-state index in [1.54, 1.807) is 31.3 Å². The van der Waals surface area contributed by atoms with Crippen LogP contribution in [0.4, 0.5) is 10.1 Å². The number of fused-ring (bicyclic) bond motifs is 1. The van der Waals surface area contributed by atoms with Crippen LogP contribution in [0.5, 0.6) is 0 Å². The predicted octanol–water partition coefficient (Wildman–Crippen LogP) is -1.34. The molecule has 0 bridgehead atoms. The summed E-state index contributed by atoms with van der Waals surface area (Å²) in [6.45, 7) is 0. The molecule has 0 atom stereocenters. The number of aromatic amines is 1. The molecule has 2 aromatic carbocycles. The molecule has 0 spiro atoms. The molecule has 0 saturated carbocycles. The Morgan fingerprint density at radius 2 is 1.91 bits per heavy atom. The first-order valence-electron chi connectivity index (χ1n) is 6.24. The first-order chi connectivity index (χ1) is 10.1. The number of hydrogen-bond acceptors (Lipinski definition) is 3. The molecule has 0 aliphatic carbocycles. The van der Waals surface area contributed by atoms with E-state index in [4.69, 9.17) is 0 Å². The van der Waals surface area contributed by atoms with Gasteiger partial charge in [-0.15, -0.1) is 12.1 Å². The molecule has 0 fully saturated rings. The second-order valence-corrected chi connectivity index (χ2v) is 4.46. The zero-order chi connectivity index (χ0) is 15.0. The van der Waals surface area contributed by atoms with Gasteiger partial charge in [-0.25, -0.2) is 9.18 Å². The van der Waals surface area contributed by atoms with E-state index in [9.17, 15) is 14.0 Å². The Labute approximate surface area is 167 Å². The van der Waals surface area contributed by atoms with Crippen LogP contribution < -0.4 is 68.0 Å². The van der Waals surface area contributed by atoms with Crippen LogP contribution in [0.1, 0.15) is 0 Å². The minimum absolute atomic E-state index is 0. The van der Waals surface area contributed by atoms with Crippen LogP contribution in [0, 0.1) is 11.9 Å². The molecule has 0 radical (unpaired) electrons. The Hall–Kier alpha value is -1.25. The molecule has 7 heteroatoms. The minimum atomic E-state index is -0.577. The molecule has 3 aromatic rings. The summed E-state index contributed by atoms with van der Waals surface area (Å²) in [6, 6.07) is 11.7. The summed E-state index contributed by atoms with van der Waals surface area (Å²) >= 11 is 0. The molecule has 0 aliphatic heterocycles. The Balaban J connectivity index is 0.00000176. The van der Waals surface area contributed by atoms with Crippen LogP contribution in [0.2, 0.25) is 0 Å². The Morgan fingerprint density at radius 1 is 1.23 bits per heavy atom. The van der Waals surface area contributed by atoms with E-state index in [0.717, 1.165) is 10.6 Å². The van der Waals surface area contributed by atoms with E-state index in [1.165, 1.54) is 6.07 Å². The summed E-state index contributed by atoms with van der Waals surface area (Å²) in [7, 11) is 1.56. The molecular formula is C15H11FKN3O2. The number of benzene rings is 2. The predicted molar refractivity (Wildman–Crippen MR) is 78.5 cm³/mol. The van der Waals surface area contributed by atoms with Crippen molar-refractivity contribution in [2.45, 2.75) is 0 Å². The van der Waals surface area contributed by atoms with Gasteiger partial charge in [-0.2, -0.15) is 18.2 Å². The molecule has 2 N–H and O–H groups in total. The first-order valence-corrected chi connectivity index (χ1v) is 6.24. The molecule has 1 heterocycles. The number of aromatic nitrogens is 2. The molecule has 0 amide bonds. The fourth-order valence-electron chi connectivity index (χ4n) is 2.19. The van der Waals surface area contributed by atoms with Gasteiger partial charge in [-0.05, 0) is 12.1 Å². The number of H-pyrrole nitrogens is 1. The van der Waals surface area contributed by atoms with Gasteiger partial charge in [-0.3, -0.25) is 9.36 Å². The fourth-order valence-corrected chi connectivity index (χ4v) is 2.19. The van der Waals surface area contributed by atoms with Crippen molar-refractivity contribution in [3.05, 3.63) is 69.1 Å². The molecule has 0 unspecified atom stereocenters. The topological polar surface area (TPSA) is 66.9 Å². The molecule has 5 nitrogen and oxygen atoms in total. The molecule has 3 rings (SSSR count). The summed E-state index contributed by atoms with van der Waals surface area (Å²) in [6.07, 6.45) is 0. The fraction of sp³-hybridized carbons (Fsp3) is 0.0667. The zero-order valence-corrected chi connectivity index (χ0v) is 15.2. The third-order valence-corrected chi connectivity index (χ3v) is 3.21. The van der Waals surface area contributed by atoms with Crippen LogP contribution in [-0.2, 0) is 0 Å². The molecule has 106 valence electrons. The molecule has 1 aromatic heterocycles. The number of nitrogens with one attached hydrogen (secondary N) is 2. The molecular weight excluding hydrogens is 312 g/mol. The second kappa shape index (κ2) is 6.89. The summed E-state index contributed by atoms with van der Waals surface area (Å²) in [4.78, 5) is 27.2. The Kier molecular flexibility index (Phi) is 5.35. The van der Waals surface area contributed by atoms with Crippen molar-refractivity contribution in [3.63, 3.8) is 0 Å². The third-order valence-electron chi connectivity index (χ3n) is 3.21. The van der Waals surface area contributed by atoms with E-state index in [2.05, 4.69) is 16.4 Å². The van der Waals surface area contributed by atoms with E-state index in [0.29, 0.717) is 5.69 Å². The number of halogens is 1. The van der Waals surface area contributed by atoms with E-state index in [-0.39, 0.29) is 68.0 Å². The van der Waals surface area contributed by atoms with Crippen LogP contribution in [0.15, 0.2) is 46.0 Å². The molecule has 0 saturated heterocycles. The maximum Gasteiger partial charge on any atom is 1.00 e. The largest absolute Gasteiger partial charge is 1.00 e. The third kappa shape index (κ3) is 2.95. The van der Waals surface area contributed by atoms with Crippen molar-refractivity contribution < 1.29 is 55.8 Å². The van der Waals surface area contributed by atoms with Gasteiger partial charge in [0.05, 0.1) is 16.6 Å². The van der Waals surface area contributed by atoms with Gasteiger partial charge in [0.2, 0.25) is 0 Å². The SMILES string of the molecule is CNc1cc2[nH]c(=O)n(-c3cc[c-]cc3)c(=O)c2cc1F.[K+]. The van der Waals surface area contributed by atoms with E-state index in [1.807, 2.05) is 0 Å². The maximum absolute atomic E-state index is 13.8. The van der Waals surface area contributed by atoms with E-state index >= 15 is 0 Å². The Morgan fingerprint density at radius 3 is 2.55 bits per heavy atom. The number of anilines is 1. The molecule has 22 heavy (non-hydrogen) atoms. The summed E-state index contributed by atoms with van der Waals surface area (Å²) in [5.74, 6) is -0.554. The summed E-state index contributed by atoms with van der Waals surface area (Å²) in [5, 5.41) is 2.77. The average molecular weight is 323 g/mol. The van der Waals surface area contributed by atoms with Crippen molar-refractivity contribution in [3.8, 4) is 5.69 Å². The van der Waals surface area contributed by atoms with Gasteiger partial charge in [0.1, 0.15) is 5.82 Å². The molecule has 0 aliphatic rings. The standard InChI is InChI=1S/C15H11FN3O2.K/c1-17-13-8-12-10(7-11(13)16)14(20)19(15(21)18-12)9-5-3-2-4-6-9;/h3-8,17H,1H3,(H,18,21);/q-1;+1. The summed E-state index contributed by atoms with van der Waals surface area (Å²) in [5.41, 5.74) is -0.243. The smallest absolute Gasteiger partial charge is 0.386 e. The van der Waals surface area contributed by atoms with Gasteiger partial charge in [0.25, 0.3) is 5.56 Å². The Bertz CT molecular complexity index is 935. The van der Waals surface area contributed by atoms with Crippen molar-refractivity contribution in [2.24, 2.45) is 0 Å². The van der Waals surface area contributed by atoms with Crippen LogP contribution in [0.3, 0.4) is 0 Å². The van der Waals surface area contributed by atoms with Gasteiger partial charge in [0, 0.05) is 7.05 Å². The number of hydrogen-bond donors (Lipinski definition) is 2. The van der Waals surface area contributed by atoms with Gasteiger partial charge < -0.3 is 10.3 Å². The van der Waals surface area contributed by atoms with Crippen LogP contribution in [0.25, 0.3) is 16.6 Å². The van der Waals surface area contributed by atoms with Gasteiger partial charge >= 0.3 is 57.1 Å². The number of nitrogens with zero attached hydrogens (tertiary/aromatic N) is 1. The monoisotopic (exact) mass is 323 g/mol. The first kappa shape index (κ1) is 17.1. The van der Waals surface area contributed by atoms with Crippen molar-refractivity contribution in [2.75, 3.05) is 12.4 Å². The summed E-state index contributed by atoms with van der Waals surface area (Å²) < 4.78 is 14.8. The second-order valence-electron chi connectivity index (χ2n) is 4.46. The average Bonchev–Trinajstić information content (AvgIpc) is 2.49. The van der Waals surface area contributed by atoms with Crippen LogP contribution in [-0.4, -0.2) is 16.6 Å². The van der Waals surface area contributed by atoms with Crippen molar-refractivity contribution >= 4 is 16.6 Å². The quantitative estimate of drug-likeness (QED) is 0.453. The van der Waals surface area contributed by atoms with Crippen molar-refractivity contribution in [1.29, 1.82) is 0 Å². The normalized spacial score (nSPS) is 10.3. The zero-order valence-electron chi connectivity index (χ0n) is 12.1. The van der Waals surface area contributed by atoms with E-state index < -0.39 is 17.1 Å². The van der Waals surface area contributed by atoms with Gasteiger partial charge in [-0.1, -0.05) is 5.69 Å². The van der Waals surface area contributed by atoms with Gasteiger partial charge in [0.15, 0.2) is 0 Å². The van der Waals surface area contributed by atoms with Crippen LogP contribution >= 0.6 is 0 Å². The maximum atomic E-state index is 13.8. The number of rotatable bonds is 2. The van der Waals surface area contributed by atoms with Crippen molar-refractivity contribution in [1.82, 2.24) is 9.55 Å².